The molecule has 18 heavy (non-hydrogen) atoms. The smallest absolute Gasteiger partial charge is 0.289 e. The van der Waals surface area contributed by atoms with E-state index in [0.717, 1.165) is 25.3 Å². The van der Waals surface area contributed by atoms with Gasteiger partial charge < -0.3 is 0 Å². The molecule has 0 radical (unpaired) electrons. The highest BCUT2D eigenvalue weighted by Crippen LogP contribution is 2.33. The van der Waals surface area contributed by atoms with Crippen molar-refractivity contribution in [1.29, 1.82) is 0 Å². The van der Waals surface area contributed by atoms with Gasteiger partial charge in [0.2, 0.25) is 0 Å². The molecule has 0 saturated carbocycles. The summed E-state index contributed by atoms with van der Waals surface area (Å²) in [5, 5.41) is 0. The summed E-state index contributed by atoms with van der Waals surface area (Å²) in [6.45, 7) is 0. The molecular formula is C14H13F3O. The van der Waals surface area contributed by atoms with Crippen molar-refractivity contribution in [3.8, 4) is 0 Å². The Hall–Kier alpha value is -1.58. The van der Waals surface area contributed by atoms with E-state index in [9.17, 15) is 18.0 Å². The summed E-state index contributed by atoms with van der Waals surface area (Å²) in [4.78, 5) is 12.1. The van der Waals surface area contributed by atoms with Gasteiger partial charge in [-0.25, -0.2) is 0 Å². The SMILES string of the molecule is O=C(C1=CCCCC1)c1ccccc1C(F)(F)F. The number of halogens is 3. The Bertz CT molecular complexity index is 486. The van der Waals surface area contributed by atoms with Crippen molar-refractivity contribution in [2.45, 2.75) is 31.9 Å². The van der Waals surface area contributed by atoms with Crippen molar-refractivity contribution in [2.24, 2.45) is 0 Å². The Morgan fingerprint density at radius 2 is 1.83 bits per heavy atom. The monoisotopic (exact) mass is 254 g/mol. The summed E-state index contributed by atoms with van der Waals surface area (Å²) in [5.74, 6) is -0.484. The summed E-state index contributed by atoms with van der Waals surface area (Å²) in [6, 6.07) is 4.97. The van der Waals surface area contributed by atoms with Crippen molar-refractivity contribution < 1.29 is 18.0 Å². The van der Waals surface area contributed by atoms with Crippen LogP contribution in [0.15, 0.2) is 35.9 Å². The molecule has 0 amide bonds. The number of allylic oxidation sites excluding steroid dienone is 2. The second kappa shape index (κ2) is 4.96. The molecule has 1 aliphatic rings. The predicted molar refractivity (Wildman–Crippen MR) is 62.3 cm³/mol. The molecule has 0 aromatic heterocycles. The zero-order chi connectivity index (χ0) is 13.2. The van der Waals surface area contributed by atoms with E-state index in [1.54, 1.807) is 6.08 Å². The van der Waals surface area contributed by atoms with E-state index in [-0.39, 0.29) is 5.56 Å². The molecular weight excluding hydrogens is 241 g/mol. The third kappa shape index (κ3) is 2.63. The van der Waals surface area contributed by atoms with E-state index in [0.29, 0.717) is 12.0 Å². The first-order chi connectivity index (χ1) is 8.50. The minimum atomic E-state index is -4.48. The Balaban J connectivity index is 2.39. The number of benzene rings is 1. The number of alkyl halides is 3. The van der Waals surface area contributed by atoms with Crippen molar-refractivity contribution in [2.75, 3.05) is 0 Å². The van der Waals surface area contributed by atoms with Gasteiger partial charge in [0.05, 0.1) is 5.56 Å². The van der Waals surface area contributed by atoms with Gasteiger partial charge in [-0.3, -0.25) is 4.79 Å². The van der Waals surface area contributed by atoms with Gasteiger partial charge in [-0.05, 0) is 37.3 Å². The largest absolute Gasteiger partial charge is 0.417 e. The number of carbonyl (C=O) groups excluding carboxylic acids is 1. The van der Waals surface area contributed by atoms with Gasteiger partial charge in [-0.1, -0.05) is 24.3 Å². The zero-order valence-electron chi connectivity index (χ0n) is 9.76. The molecule has 0 saturated heterocycles. The van der Waals surface area contributed by atoms with Crippen LogP contribution in [0.25, 0.3) is 0 Å². The zero-order valence-corrected chi connectivity index (χ0v) is 9.76. The summed E-state index contributed by atoms with van der Waals surface area (Å²) in [5.41, 5.74) is -0.572. The van der Waals surface area contributed by atoms with Crippen LogP contribution in [0.3, 0.4) is 0 Å². The van der Waals surface area contributed by atoms with E-state index in [4.69, 9.17) is 0 Å². The second-order valence-electron chi connectivity index (χ2n) is 4.35. The normalized spacial score (nSPS) is 16.3. The van der Waals surface area contributed by atoms with Crippen LogP contribution in [0.5, 0.6) is 0 Å². The Morgan fingerprint density at radius 1 is 1.11 bits per heavy atom. The van der Waals surface area contributed by atoms with Gasteiger partial charge >= 0.3 is 6.18 Å². The van der Waals surface area contributed by atoms with Gasteiger partial charge in [-0.2, -0.15) is 13.2 Å². The third-order valence-corrected chi connectivity index (χ3v) is 3.06. The first-order valence-electron chi connectivity index (χ1n) is 5.90. The second-order valence-corrected chi connectivity index (χ2v) is 4.35. The van der Waals surface area contributed by atoms with Gasteiger partial charge in [0.1, 0.15) is 0 Å². The summed E-state index contributed by atoms with van der Waals surface area (Å²) < 4.78 is 38.4. The Morgan fingerprint density at radius 3 is 2.44 bits per heavy atom. The molecule has 96 valence electrons. The molecule has 0 fully saturated rings. The van der Waals surface area contributed by atoms with Crippen LogP contribution in [0, 0.1) is 0 Å². The lowest BCUT2D eigenvalue weighted by Crippen LogP contribution is -2.15. The minimum absolute atomic E-state index is 0.238. The molecule has 1 aromatic carbocycles. The minimum Gasteiger partial charge on any atom is -0.289 e. The first kappa shape index (κ1) is 12.9. The summed E-state index contributed by atoms with van der Waals surface area (Å²) in [7, 11) is 0. The van der Waals surface area contributed by atoms with E-state index in [2.05, 4.69) is 0 Å². The van der Waals surface area contributed by atoms with Crippen LogP contribution >= 0.6 is 0 Å². The maximum atomic E-state index is 12.8. The molecule has 1 aromatic rings. The van der Waals surface area contributed by atoms with Crippen LogP contribution in [0.4, 0.5) is 13.2 Å². The number of hydrogen-bond acceptors (Lipinski definition) is 1. The number of ketones is 1. The van der Waals surface area contributed by atoms with Crippen molar-refractivity contribution in [3.63, 3.8) is 0 Å². The lowest BCUT2D eigenvalue weighted by molar-refractivity contribution is -0.137. The molecule has 0 unspecified atom stereocenters. The number of rotatable bonds is 2. The standard InChI is InChI=1S/C14H13F3O/c15-14(16,17)12-9-5-4-8-11(12)13(18)10-6-2-1-3-7-10/h4-6,8-9H,1-3,7H2. The number of hydrogen-bond donors (Lipinski definition) is 0. The van der Waals surface area contributed by atoms with E-state index in [1.165, 1.54) is 18.2 Å². The van der Waals surface area contributed by atoms with Crippen LogP contribution in [-0.2, 0) is 6.18 Å². The lowest BCUT2D eigenvalue weighted by Gasteiger charge is -2.15. The fourth-order valence-electron chi connectivity index (χ4n) is 2.15. The Kier molecular flexibility index (Phi) is 3.55. The topological polar surface area (TPSA) is 17.1 Å². The van der Waals surface area contributed by atoms with Crippen molar-refractivity contribution in [1.82, 2.24) is 0 Å². The lowest BCUT2D eigenvalue weighted by atomic mass is 9.91. The maximum absolute atomic E-state index is 12.8. The van der Waals surface area contributed by atoms with Crippen molar-refractivity contribution >= 4 is 5.78 Å². The fourth-order valence-corrected chi connectivity index (χ4v) is 2.15. The number of carbonyl (C=O) groups is 1. The highest BCUT2D eigenvalue weighted by atomic mass is 19.4. The van der Waals surface area contributed by atoms with Crippen molar-refractivity contribution in [3.05, 3.63) is 47.0 Å². The first-order valence-corrected chi connectivity index (χ1v) is 5.90. The molecule has 0 heterocycles. The quantitative estimate of drug-likeness (QED) is 0.715. The maximum Gasteiger partial charge on any atom is 0.417 e. The molecule has 1 nitrogen and oxygen atoms in total. The van der Waals surface area contributed by atoms with E-state index < -0.39 is 17.5 Å². The predicted octanol–water partition coefficient (Wildman–Crippen LogP) is 4.39. The summed E-state index contributed by atoms with van der Waals surface area (Å²) >= 11 is 0. The molecule has 0 aliphatic heterocycles. The van der Waals surface area contributed by atoms with Crippen LogP contribution in [0.2, 0.25) is 0 Å². The highest BCUT2D eigenvalue weighted by molar-refractivity contribution is 6.09. The van der Waals surface area contributed by atoms with Crippen LogP contribution in [-0.4, -0.2) is 5.78 Å². The molecule has 0 atom stereocenters. The van der Waals surface area contributed by atoms with Crippen LogP contribution in [0.1, 0.15) is 41.6 Å². The van der Waals surface area contributed by atoms with Gasteiger partial charge in [-0.15, -0.1) is 0 Å². The molecule has 4 heteroatoms. The molecule has 0 spiro atoms. The molecule has 2 rings (SSSR count). The Labute approximate surface area is 103 Å². The molecule has 1 aliphatic carbocycles. The molecule has 0 bridgehead atoms. The van der Waals surface area contributed by atoms with E-state index >= 15 is 0 Å². The highest BCUT2D eigenvalue weighted by Gasteiger charge is 2.35. The third-order valence-electron chi connectivity index (χ3n) is 3.06. The average molecular weight is 254 g/mol. The van der Waals surface area contributed by atoms with Crippen LogP contribution < -0.4 is 0 Å². The molecule has 0 N–H and O–H groups in total. The number of Topliss-reactive ketones (excluding diaryl/α,β-unsaturated/α-hetero) is 1. The van der Waals surface area contributed by atoms with E-state index in [1.807, 2.05) is 0 Å². The average Bonchev–Trinajstić information content (AvgIpc) is 2.38. The summed E-state index contributed by atoms with van der Waals surface area (Å²) in [6.07, 6.45) is 0.490. The van der Waals surface area contributed by atoms with Gasteiger partial charge in [0.25, 0.3) is 0 Å². The van der Waals surface area contributed by atoms with Gasteiger partial charge in [0, 0.05) is 5.56 Å². The van der Waals surface area contributed by atoms with Gasteiger partial charge in [0.15, 0.2) is 5.78 Å². The fraction of sp³-hybridized carbons (Fsp3) is 0.357.